The van der Waals surface area contributed by atoms with Gasteiger partial charge in [-0.3, -0.25) is 0 Å². The molecule has 1 aliphatic carbocycles. The molecular formula is C17H34N2O. The zero-order chi connectivity index (χ0) is 14.4. The summed E-state index contributed by atoms with van der Waals surface area (Å²) in [6, 6.07) is 0. The van der Waals surface area contributed by atoms with Crippen molar-refractivity contribution in [3.63, 3.8) is 0 Å². The zero-order valence-corrected chi connectivity index (χ0v) is 13.8. The van der Waals surface area contributed by atoms with Crippen LogP contribution in [0.2, 0.25) is 0 Å². The minimum atomic E-state index is 0.475. The molecule has 0 radical (unpaired) electrons. The van der Waals surface area contributed by atoms with E-state index < -0.39 is 0 Å². The number of nitrogens with one attached hydrogen (secondary N) is 1. The predicted molar refractivity (Wildman–Crippen MR) is 85.1 cm³/mol. The minimum absolute atomic E-state index is 0.475. The van der Waals surface area contributed by atoms with Gasteiger partial charge in [-0.05, 0) is 57.5 Å². The molecule has 3 nitrogen and oxygen atoms in total. The van der Waals surface area contributed by atoms with E-state index in [1.807, 2.05) is 0 Å². The first-order chi connectivity index (χ1) is 9.63. The SMILES string of the molecule is CNCC1(CN(C)CC2CCCCO2)CCC(C)CC1. The van der Waals surface area contributed by atoms with E-state index in [1.165, 1.54) is 51.5 Å². The van der Waals surface area contributed by atoms with E-state index in [1.54, 1.807) is 0 Å². The lowest BCUT2D eigenvalue weighted by Gasteiger charge is -2.42. The first-order valence-electron chi connectivity index (χ1n) is 8.58. The third-order valence-electron chi connectivity index (χ3n) is 5.28. The molecule has 118 valence electrons. The summed E-state index contributed by atoms with van der Waals surface area (Å²) in [7, 11) is 4.39. The van der Waals surface area contributed by atoms with Crippen molar-refractivity contribution in [3.05, 3.63) is 0 Å². The molecule has 1 saturated heterocycles. The van der Waals surface area contributed by atoms with Gasteiger partial charge in [0, 0.05) is 26.2 Å². The predicted octanol–water partition coefficient (Wildman–Crippen LogP) is 2.90. The van der Waals surface area contributed by atoms with Crippen LogP contribution in [0, 0.1) is 11.3 Å². The highest BCUT2D eigenvalue weighted by Gasteiger charge is 2.35. The lowest BCUT2D eigenvalue weighted by atomic mass is 9.70. The third kappa shape index (κ3) is 4.71. The molecule has 2 fully saturated rings. The highest BCUT2D eigenvalue weighted by Crippen LogP contribution is 2.39. The molecule has 20 heavy (non-hydrogen) atoms. The van der Waals surface area contributed by atoms with Crippen LogP contribution in [-0.4, -0.2) is 51.3 Å². The van der Waals surface area contributed by atoms with Crippen molar-refractivity contribution in [2.24, 2.45) is 11.3 Å². The van der Waals surface area contributed by atoms with Crippen molar-refractivity contribution in [1.29, 1.82) is 0 Å². The van der Waals surface area contributed by atoms with E-state index in [9.17, 15) is 0 Å². The molecule has 3 heteroatoms. The van der Waals surface area contributed by atoms with E-state index in [-0.39, 0.29) is 0 Å². The quantitative estimate of drug-likeness (QED) is 0.811. The van der Waals surface area contributed by atoms with Gasteiger partial charge in [0.2, 0.25) is 0 Å². The molecule has 0 spiro atoms. The average molecular weight is 282 g/mol. The van der Waals surface area contributed by atoms with Gasteiger partial charge in [0.1, 0.15) is 0 Å². The molecular weight excluding hydrogens is 248 g/mol. The normalized spacial score (nSPS) is 35.4. The van der Waals surface area contributed by atoms with Gasteiger partial charge >= 0.3 is 0 Å². The van der Waals surface area contributed by atoms with Gasteiger partial charge in [-0.2, -0.15) is 0 Å². The van der Waals surface area contributed by atoms with Crippen molar-refractivity contribution in [3.8, 4) is 0 Å². The largest absolute Gasteiger partial charge is 0.377 e. The number of likely N-dealkylation sites (N-methyl/N-ethyl adjacent to an activating group) is 1. The van der Waals surface area contributed by atoms with Crippen LogP contribution in [0.25, 0.3) is 0 Å². The van der Waals surface area contributed by atoms with E-state index in [4.69, 9.17) is 4.74 Å². The summed E-state index contributed by atoms with van der Waals surface area (Å²) in [5.74, 6) is 0.923. The molecule has 0 aromatic rings. The lowest BCUT2D eigenvalue weighted by Crippen LogP contribution is -2.46. The molecule has 2 aliphatic rings. The Morgan fingerprint density at radius 2 is 1.95 bits per heavy atom. The van der Waals surface area contributed by atoms with E-state index in [0.29, 0.717) is 11.5 Å². The topological polar surface area (TPSA) is 24.5 Å². The summed E-state index contributed by atoms with van der Waals surface area (Å²) in [6.45, 7) is 6.87. The average Bonchev–Trinajstić information content (AvgIpc) is 2.43. The Morgan fingerprint density at radius 1 is 1.20 bits per heavy atom. The molecule has 0 amide bonds. The van der Waals surface area contributed by atoms with E-state index in [0.717, 1.165) is 25.6 Å². The summed E-state index contributed by atoms with van der Waals surface area (Å²) in [6.07, 6.45) is 9.88. The van der Waals surface area contributed by atoms with Crippen molar-refractivity contribution in [1.82, 2.24) is 10.2 Å². The maximum absolute atomic E-state index is 5.89. The van der Waals surface area contributed by atoms with Crippen molar-refractivity contribution >= 4 is 0 Å². The van der Waals surface area contributed by atoms with Gasteiger partial charge in [0.25, 0.3) is 0 Å². The minimum Gasteiger partial charge on any atom is -0.377 e. The van der Waals surface area contributed by atoms with Crippen molar-refractivity contribution < 1.29 is 4.74 Å². The number of nitrogens with zero attached hydrogens (tertiary/aromatic N) is 1. The molecule has 0 bridgehead atoms. The maximum Gasteiger partial charge on any atom is 0.0701 e. The first-order valence-corrected chi connectivity index (χ1v) is 8.58. The molecule has 1 heterocycles. The van der Waals surface area contributed by atoms with Crippen LogP contribution >= 0.6 is 0 Å². The van der Waals surface area contributed by atoms with Crippen LogP contribution in [0.1, 0.15) is 51.9 Å². The smallest absolute Gasteiger partial charge is 0.0701 e. The second-order valence-electron chi connectivity index (χ2n) is 7.40. The molecule has 1 atom stereocenters. The van der Waals surface area contributed by atoms with E-state index in [2.05, 4.69) is 31.2 Å². The molecule has 0 aromatic carbocycles. The lowest BCUT2D eigenvalue weighted by molar-refractivity contribution is -0.0115. The fourth-order valence-electron chi connectivity index (χ4n) is 4.08. The standard InChI is InChI=1S/C17H34N2O/c1-15-7-9-17(10-8-15,13-18-2)14-19(3)12-16-6-4-5-11-20-16/h15-16,18H,4-14H2,1-3H3. The molecule has 2 rings (SSSR count). The van der Waals surface area contributed by atoms with Gasteiger partial charge in [-0.1, -0.05) is 19.8 Å². The second kappa shape index (κ2) is 7.77. The summed E-state index contributed by atoms with van der Waals surface area (Å²) < 4.78 is 5.89. The molecule has 1 N–H and O–H groups in total. The molecule has 1 aliphatic heterocycles. The Balaban J connectivity index is 1.83. The number of hydrogen-bond donors (Lipinski definition) is 1. The Morgan fingerprint density at radius 3 is 2.55 bits per heavy atom. The van der Waals surface area contributed by atoms with Crippen LogP contribution in [0.3, 0.4) is 0 Å². The number of ether oxygens (including phenoxy) is 1. The second-order valence-corrected chi connectivity index (χ2v) is 7.40. The summed E-state index contributed by atoms with van der Waals surface area (Å²) in [5, 5.41) is 3.44. The Bertz CT molecular complexity index is 268. The fourth-order valence-corrected chi connectivity index (χ4v) is 4.08. The third-order valence-corrected chi connectivity index (χ3v) is 5.28. The molecule has 0 aromatic heterocycles. The van der Waals surface area contributed by atoms with Crippen LogP contribution in [0.5, 0.6) is 0 Å². The first kappa shape index (κ1) is 16.3. The Hall–Kier alpha value is -0.120. The Labute approximate surface area is 125 Å². The van der Waals surface area contributed by atoms with Gasteiger partial charge in [-0.25, -0.2) is 0 Å². The molecule has 1 saturated carbocycles. The van der Waals surface area contributed by atoms with Gasteiger partial charge in [-0.15, -0.1) is 0 Å². The maximum atomic E-state index is 5.89. The van der Waals surface area contributed by atoms with Gasteiger partial charge < -0.3 is 15.0 Å². The van der Waals surface area contributed by atoms with Crippen LogP contribution in [0.4, 0.5) is 0 Å². The summed E-state index contributed by atoms with van der Waals surface area (Å²) in [5.41, 5.74) is 0.491. The van der Waals surface area contributed by atoms with Crippen molar-refractivity contribution in [2.75, 3.05) is 40.3 Å². The van der Waals surface area contributed by atoms with E-state index >= 15 is 0 Å². The monoisotopic (exact) mass is 282 g/mol. The fraction of sp³-hybridized carbons (Fsp3) is 1.00. The van der Waals surface area contributed by atoms with Crippen LogP contribution < -0.4 is 5.32 Å². The van der Waals surface area contributed by atoms with Crippen LogP contribution in [0.15, 0.2) is 0 Å². The Kier molecular flexibility index (Phi) is 6.31. The van der Waals surface area contributed by atoms with Gasteiger partial charge in [0.05, 0.1) is 6.10 Å². The van der Waals surface area contributed by atoms with Crippen molar-refractivity contribution in [2.45, 2.75) is 58.0 Å². The van der Waals surface area contributed by atoms with Crippen LogP contribution in [-0.2, 0) is 4.74 Å². The number of hydrogen-bond acceptors (Lipinski definition) is 3. The summed E-state index contributed by atoms with van der Waals surface area (Å²) in [4.78, 5) is 2.53. The number of rotatable bonds is 6. The highest BCUT2D eigenvalue weighted by molar-refractivity contribution is 4.89. The van der Waals surface area contributed by atoms with Gasteiger partial charge in [0.15, 0.2) is 0 Å². The zero-order valence-electron chi connectivity index (χ0n) is 13.8. The summed E-state index contributed by atoms with van der Waals surface area (Å²) >= 11 is 0. The molecule has 1 unspecified atom stereocenters. The highest BCUT2D eigenvalue weighted by atomic mass is 16.5.